The zero-order valence-corrected chi connectivity index (χ0v) is 7.40. The van der Waals surface area contributed by atoms with Crippen molar-refractivity contribution in [3.05, 3.63) is 17.7 Å². The smallest absolute Gasteiger partial charge is 0.271 e. The van der Waals surface area contributed by atoms with Gasteiger partial charge in [-0.05, 0) is 12.0 Å². The van der Waals surface area contributed by atoms with Crippen LogP contribution in [0.5, 0.6) is 5.75 Å². The summed E-state index contributed by atoms with van der Waals surface area (Å²) in [6.45, 7) is 4.01. The summed E-state index contributed by atoms with van der Waals surface area (Å²) in [6, 6.07) is 3.63. The summed E-state index contributed by atoms with van der Waals surface area (Å²) < 4.78 is 9.37. The van der Waals surface area contributed by atoms with Crippen LogP contribution in [0.15, 0.2) is 21.3 Å². The third kappa shape index (κ3) is 1.10. The van der Waals surface area contributed by atoms with Crippen molar-refractivity contribution in [2.45, 2.75) is 19.8 Å². The zero-order valence-electron chi connectivity index (χ0n) is 7.40. The molecule has 1 N–H and O–H groups in total. The van der Waals surface area contributed by atoms with Crippen molar-refractivity contribution in [1.82, 2.24) is 0 Å². The summed E-state index contributed by atoms with van der Waals surface area (Å²) in [4.78, 5) is 4.26. The van der Waals surface area contributed by atoms with Crippen molar-refractivity contribution in [3.63, 3.8) is 0 Å². The van der Waals surface area contributed by atoms with Gasteiger partial charge in [0.15, 0.2) is 0 Å². The first-order valence-corrected chi connectivity index (χ1v) is 4.07. The van der Waals surface area contributed by atoms with Crippen LogP contribution in [0, 0.1) is 0 Å². The maximum Gasteiger partial charge on any atom is 0.271 e. The van der Waals surface area contributed by atoms with E-state index in [-0.39, 0.29) is 5.92 Å². The number of benzene rings is 1. The highest BCUT2D eigenvalue weighted by Crippen LogP contribution is 2.35. The molecule has 70 valence electrons. The lowest BCUT2D eigenvalue weighted by Crippen LogP contribution is -1.96. The minimum atomic E-state index is 0.261. The van der Waals surface area contributed by atoms with Crippen molar-refractivity contribution >= 4 is 11.2 Å². The van der Waals surface area contributed by atoms with E-state index >= 15 is 0 Å². The molecule has 0 saturated carbocycles. The molecule has 2 rings (SSSR count). The van der Waals surface area contributed by atoms with Crippen LogP contribution in [0.4, 0.5) is 0 Å². The lowest BCUT2D eigenvalue weighted by Gasteiger charge is -2.10. The van der Waals surface area contributed by atoms with Gasteiger partial charge in [-0.3, -0.25) is 9.15 Å². The van der Waals surface area contributed by atoms with Crippen LogP contribution in [0.1, 0.15) is 25.3 Å². The fourth-order valence-electron chi connectivity index (χ4n) is 1.31. The second-order valence-electron chi connectivity index (χ2n) is 3.22. The number of fused-ring (bicyclic) bond motifs is 1. The van der Waals surface area contributed by atoms with Gasteiger partial charge in [-0.1, -0.05) is 19.9 Å². The number of hydrogen-bond donors (Lipinski definition) is 1. The van der Waals surface area contributed by atoms with Crippen molar-refractivity contribution in [2.24, 2.45) is 0 Å². The molecule has 0 aliphatic carbocycles. The van der Waals surface area contributed by atoms with Crippen LogP contribution in [0.3, 0.4) is 0 Å². The summed E-state index contributed by atoms with van der Waals surface area (Å²) in [6.07, 6.45) is 0. The van der Waals surface area contributed by atoms with Crippen LogP contribution in [0.25, 0.3) is 11.2 Å². The molecule has 0 fully saturated rings. The van der Waals surface area contributed by atoms with Gasteiger partial charge >= 0.3 is 0 Å². The maximum atomic E-state index is 8.67. The van der Waals surface area contributed by atoms with Crippen molar-refractivity contribution in [2.75, 3.05) is 0 Å². The predicted molar refractivity (Wildman–Crippen MR) is 45.8 cm³/mol. The van der Waals surface area contributed by atoms with Gasteiger partial charge in [0.05, 0.1) is 0 Å². The fourth-order valence-corrected chi connectivity index (χ4v) is 1.31. The van der Waals surface area contributed by atoms with Crippen molar-refractivity contribution in [1.29, 1.82) is 0 Å². The minimum absolute atomic E-state index is 0.261. The molecule has 4 nitrogen and oxygen atoms in total. The van der Waals surface area contributed by atoms with E-state index in [9.17, 15) is 0 Å². The van der Waals surface area contributed by atoms with Crippen LogP contribution >= 0.6 is 0 Å². The third-order valence-corrected chi connectivity index (χ3v) is 2.03. The van der Waals surface area contributed by atoms with Crippen LogP contribution in [0.2, 0.25) is 0 Å². The Bertz CT molecular complexity index is 410. The molecule has 0 spiro atoms. The first kappa shape index (κ1) is 8.19. The molecule has 0 bridgehead atoms. The molecule has 0 unspecified atom stereocenters. The SMILES string of the molecule is CC(C)c1ccc2ooc2c1OO. The highest BCUT2D eigenvalue weighted by atomic mass is 17.1. The van der Waals surface area contributed by atoms with E-state index in [2.05, 4.69) is 9.46 Å². The largest absolute Gasteiger partial charge is 0.336 e. The highest BCUT2D eigenvalue weighted by Gasteiger charge is 2.18. The lowest BCUT2D eigenvalue weighted by atomic mass is 10.0. The molecule has 0 saturated heterocycles. The Morgan fingerprint density at radius 3 is 2.54 bits per heavy atom. The second-order valence-corrected chi connectivity index (χ2v) is 3.22. The quantitative estimate of drug-likeness (QED) is 0.573. The molecular weight excluding hydrogens is 172 g/mol. The Morgan fingerprint density at radius 1 is 1.31 bits per heavy atom. The first-order chi connectivity index (χ1) is 6.24. The molecule has 0 aliphatic heterocycles. The molecule has 0 radical (unpaired) electrons. The lowest BCUT2D eigenvalue weighted by molar-refractivity contribution is -0.139. The maximum absolute atomic E-state index is 8.67. The summed E-state index contributed by atoms with van der Waals surface area (Å²) in [7, 11) is 0. The van der Waals surface area contributed by atoms with E-state index < -0.39 is 0 Å². The minimum Gasteiger partial charge on any atom is -0.336 e. The molecular formula is C9H10O4. The number of rotatable bonds is 2. The highest BCUT2D eigenvalue weighted by molar-refractivity contribution is 5.79. The number of hydrogen-bond acceptors (Lipinski definition) is 4. The molecule has 1 heterocycles. The van der Waals surface area contributed by atoms with E-state index in [1.165, 1.54) is 0 Å². The summed E-state index contributed by atoms with van der Waals surface area (Å²) in [5, 5.41) is 8.67. The zero-order chi connectivity index (χ0) is 9.42. The van der Waals surface area contributed by atoms with Crippen LogP contribution < -0.4 is 4.89 Å². The Labute approximate surface area is 74.6 Å². The molecule has 13 heavy (non-hydrogen) atoms. The summed E-state index contributed by atoms with van der Waals surface area (Å²) in [5.41, 5.74) is 1.95. The molecule has 0 amide bonds. The Kier molecular flexibility index (Phi) is 1.77. The van der Waals surface area contributed by atoms with Gasteiger partial charge in [0, 0.05) is 5.56 Å². The molecule has 1 aromatic carbocycles. The summed E-state index contributed by atoms with van der Waals surface area (Å²) in [5.74, 6) is 0.607. The Balaban J connectivity index is 2.62. The predicted octanol–water partition coefficient (Wildman–Crippen LogP) is 3.00. The molecule has 0 aliphatic rings. The van der Waals surface area contributed by atoms with Gasteiger partial charge in [0.1, 0.15) is 0 Å². The van der Waals surface area contributed by atoms with E-state index in [1.54, 1.807) is 6.07 Å². The fraction of sp³-hybridized carbons (Fsp3) is 0.333. The van der Waals surface area contributed by atoms with Gasteiger partial charge in [-0.15, -0.1) is 0 Å². The average Bonchev–Trinajstić information content (AvgIpc) is 2.05. The monoisotopic (exact) mass is 182 g/mol. The van der Waals surface area contributed by atoms with E-state index in [4.69, 9.17) is 9.83 Å². The van der Waals surface area contributed by atoms with Gasteiger partial charge in [-0.2, -0.15) is 0 Å². The standard InChI is InChI=1S/C9H10O4/c1-5(2)6-3-4-7-9(13-12-7)8(6)11-10/h3-5,10H,1-2H3. The van der Waals surface area contributed by atoms with Gasteiger partial charge < -0.3 is 4.89 Å². The van der Waals surface area contributed by atoms with Gasteiger partial charge in [0.2, 0.25) is 11.3 Å². The molecule has 2 aromatic rings. The average molecular weight is 182 g/mol. The van der Waals surface area contributed by atoms with Gasteiger partial charge in [-0.25, -0.2) is 5.26 Å². The van der Waals surface area contributed by atoms with Crippen LogP contribution in [-0.2, 0) is 0 Å². The normalized spacial score (nSPS) is 11.4. The molecule has 4 heteroatoms. The first-order valence-electron chi connectivity index (χ1n) is 4.07. The molecule has 0 atom stereocenters. The summed E-state index contributed by atoms with van der Waals surface area (Å²) >= 11 is 0. The topological polar surface area (TPSA) is 55.7 Å². The van der Waals surface area contributed by atoms with E-state index in [0.29, 0.717) is 16.9 Å². The Morgan fingerprint density at radius 2 is 2.08 bits per heavy atom. The van der Waals surface area contributed by atoms with Crippen molar-refractivity contribution in [3.8, 4) is 5.75 Å². The van der Waals surface area contributed by atoms with Gasteiger partial charge in [0.25, 0.3) is 5.58 Å². The van der Waals surface area contributed by atoms with E-state index in [1.807, 2.05) is 19.9 Å². The second kappa shape index (κ2) is 2.81. The Hall–Kier alpha value is -1.42. The molecule has 1 aromatic heterocycles. The van der Waals surface area contributed by atoms with Crippen LogP contribution in [-0.4, -0.2) is 5.26 Å². The van der Waals surface area contributed by atoms with Crippen molar-refractivity contribution < 1.29 is 19.3 Å². The third-order valence-electron chi connectivity index (χ3n) is 2.03. The van der Waals surface area contributed by atoms with E-state index in [0.717, 1.165) is 5.56 Å².